The second kappa shape index (κ2) is 9.45. The van der Waals surface area contributed by atoms with E-state index in [2.05, 4.69) is 36.5 Å². The molecule has 5 heteroatoms. The van der Waals surface area contributed by atoms with E-state index in [1.165, 1.54) is 11.1 Å². The van der Waals surface area contributed by atoms with E-state index in [1.807, 2.05) is 37.4 Å². The number of carbonyl (C=O) groups is 2. The number of piperidine rings is 1. The summed E-state index contributed by atoms with van der Waals surface area (Å²) in [5.41, 5.74) is 2.26. The second-order valence-electron chi connectivity index (χ2n) is 8.15. The number of carbonyl (C=O) groups excluding carboxylic acids is 2. The Labute approximate surface area is 162 Å². The van der Waals surface area contributed by atoms with E-state index in [9.17, 15) is 9.59 Å². The fraction of sp³-hybridized carbons (Fsp3) is 0.619. The molecule has 4 nitrogen and oxygen atoms in total. The highest BCUT2D eigenvalue weighted by Crippen LogP contribution is 2.23. The standard InChI is InChI=1S/C21H32N2O2S/c1-16-5-7-17(8-6-16)15-26-14-11-22-19(24)18-9-12-23(13-10-18)20(25)21(2,3)4/h5-8,18H,9-15H2,1-4H3,(H,22,24). The summed E-state index contributed by atoms with van der Waals surface area (Å²) in [6, 6.07) is 8.59. The first-order chi connectivity index (χ1) is 12.3. The predicted molar refractivity (Wildman–Crippen MR) is 109 cm³/mol. The lowest BCUT2D eigenvalue weighted by Gasteiger charge is -2.35. The number of nitrogens with zero attached hydrogens (tertiary/aromatic N) is 1. The van der Waals surface area contributed by atoms with Crippen molar-refractivity contribution in [3.05, 3.63) is 35.4 Å². The van der Waals surface area contributed by atoms with Crippen molar-refractivity contribution in [2.45, 2.75) is 46.3 Å². The van der Waals surface area contributed by atoms with Crippen molar-refractivity contribution in [1.82, 2.24) is 10.2 Å². The van der Waals surface area contributed by atoms with Crippen molar-refractivity contribution < 1.29 is 9.59 Å². The summed E-state index contributed by atoms with van der Waals surface area (Å²) in [5.74, 6) is 2.26. The Balaban J connectivity index is 1.62. The normalized spacial score (nSPS) is 15.8. The minimum Gasteiger partial charge on any atom is -0.355 e. The summed E-state index contributed by atoms with van der Waals surface area (Å²) < 4.78 is 0. The molecule has 1 heterocycles. The van der Waals surface area contributed by atoms with Crippen LogP contribution in [-0.2, 0) is 15.3 Å². The third-order valence-corrected chi connectivity index (χ3v) is 5.76. The first-order valence-electron chi connectivity index (χ1n) is 9.48. The van der Waals surface area contributed by atoms with E-state index in [4.69, 9.17) is 0 Å². The molecule has 1 aromatic carbocycles. The van der Waals surface area contributed by atoms with Gasteiger partial charge in [0.05, 0.1) is 0 Å². The molecule has 0 saturated carbocycles. The van der Waals surface area contributed by atoms with Crippen LogP contribution >= 0.6 is 11.8 Å². The minimum absolute atomic E-state index is 0.0427. The van der Waals surface area contributed by atoms with Crippen molar-refractivity contribution in [1.29, 1.82) is 0 Å². The molecule has 1 aromatic rings. The molecule has 26 heavy (non-hydrogen) atoms. The zero-order valence-electron chi connectivity index (χ0n) is 16.5. The average molecular weight is 377 g/mol. The molecule has 0 unspecified atom stereocenters. The average Bonchev–Trinajstić information content (AvgIpc) is 2.61. The third-order valence-electron chi connectivity index (χ3n) is 4.73. The maximum Gasteiger partial charge on any atom is 0.227 e. The van der Waals surface area contributed by atoms with Gasteiger partial charge in [0, 0.05) is 42.5 Å². The van der Waals surface area contributed by atoms with Gasteiger partial charge in [0.2, 0.25) is 11.8 Å². The first kappa shape index (κ1) is 20.8. The number of nitrogens with one attached hydrogen (secondary N) is 1. The number of hydrogen-bond acceptors (Lipinski definition) is 3. The van der Waals surface area contributed by atoms with Crippen LogP contribution in [0.2, 0.25) is 0 Å². The zero-order chi connectivity index (χ0) is 19.2. The van der Waals surface area contributed by atoms with Crippen molar-refractivity contribution in [2.24, 2.45) is 11.3 Å². The highest BCUT2D eigenvalue weighted by molar-refractivity contribution is 7.98. The van der Waals surface area contributed by atoms with Crippen molar-refractivity contribution in [3.63, 3.8) is 0 Å². The molecule has 1 aliphatic heterocycles. The molecule has 1 N–H and O–H groups in total. The summed E-state index contributed by atoms with van der Waals surface area (Å²) >= 11 is 1.84. The molecule has 2 rings (SSSR count). The van der Waals surface area contributed by atoms with Crippen LogP contribution in [0.3, 0.4) is 0 Å². The first-order valence-corrected chi connectivity index (χ1v) is 10.6. The Morgan fingerprint density at radius 2 is 1.77 bits per heavy atom. The van der Waals surface area contributed by atoms with Crippen LogP contribution < -0.4 is 5.32 Å². The molecule has 0 aromatic heterocycles. The van der Waals surface area contributed by atoms with Gasteiger partial charge >= 0.3 is 0 Å². The Hall–Kier alpha value is -1.49. The smallest absolute Gasteiger partial charge is 0.227 e. The highest BCUT2D eigenvalue weighted by atomic mass is 32.2. The number of likely N-dealkylation sites (tertiary alicyclic amines) is 1. The molecular formula is C21H32N2O2S. The quantitative estimate of drug-likeness (QED) is 0.771. The van der Waals surface area contributed by atoms with Crippen molar-refractivity contribution in [3.8, 4) is 0 Å². The summed E-state index contributed by atoms with van der Waals surface area (Å²) in [7, 11) is 0. The van der Waals surface area contributed by atoms with Gasteiger partial charge in [-0.15, -0.1) is 0 Å². The highest BCUT2D eigenvalue weighted by Gasteiger charge is 2.32. The Morgan fingerprint density at radius 3 is 2.35 bits per heavy atom. The molecule has 2 amide bonds. The maximum atomic E-state index is 12.3. The fourth-order valence-electron chi connectivity index (χ4n) is 3.08. The summed E-state index contributed by atoms with van der Waals surface area (Å²) in [4.78, 5) is 26.5. The largest absolute Gasteiger partial charge is 0.355 e. The monoisotopic (exact) mass is 376 g/mol. The van der Waals surface area contributed by atoms with Crippen molar-refractivity contribution in [2.75, 3.05) is 25.4 Å². The van der Waals surface area contributed by atoms with Crippen LogP contribution in [0, 0.1) is 18.3 Å². The lowest BCUT2D eigenvalue weighted by Crippen LogP contribution is -2.46. The van der Waals surface area contributed by atoms with Crippen LogP contribution in [0.4, 0.5) is 0 Å². The Bertz CT molecular complexity index is 599. The van der Waals surface area contributed by atoms with Crippen LogP contribution in [0.5, 0.6) is 0 Å². The van der Waals surface area contributed by atoms with Gasteiger partial charge in [-0.2, -0.15) is 11.8 Å². The van der Waals surface area contributed by atoms with E-state index < -0.39 is 0 Å². The molecule has 0 aliphatic carbocycles. The van der Waals surface area contributed by atoms with Gasteiger partial charge in [-0.05, 0) is 25.3 Å². The minimum atomic E-state index is -0.343. The molecule has 1 fully saturated rings. The SMILES string of the molecule is Cc1ccc(CSCCNC(=O)C2CCN(C(=O)C(C)(C)C)CC2)cc1. The number of thioether (sulfide) groups is 1. The molecule has 1 saturated heterocycles. The molecular weight excluding hydrogens is 344 g/mol. The van der Waals surface area contributed by atoms with Gasteiger partial charge in [0.1, 0.15) is 0 Å². The molecule has 144 valence electrons. The summed E-state index contributed by atoms with van der Waals surface area (Å²) in [6.07, 6.45) is 1.54. The predicted octanol–water partition coefficient (Wildman–Crippen LogP) is 3.63. The molecule has 0 spiro atoms. The summed E-state index contributed by atoms with van der Waals surface area (Å²) in [5, 5.41) is 3.06. The van der Waals surface area contributed by atoms with E-state index in [1.54, 1.807) is 0 Å². The number of benzene rings is 1. The topological polar surface area (TPSA) is 49.4 Å². The van der Waals surface area contributed by atoms with Crippen LogP contribution in [0.1, 0.15) is 44.7 Å². The molecule has 0 bridgehead atoms. The van der Waals surface area contributed by atoms with Crippen molar-refractivity contribution >= 4 is 23.6 Å². The van der Waals surface area contributed by atoms with E-state index >= 15 is 0 Å². The van der Waals surface area contributed by atoms with E-state index in [0.717, 1.165) is 24.3 Å². The van der Waals surface area contributed by atoms with Crippen LogP contribution in [0.25, 0.3) is 0 Å². The lowest BCUT2D eigenvalue weighted by molar-refractivity contribution is -0.142. The van der Waals surface area contributed by atoms with Gasteiger partial charge in [0.25, 0.3) is 0 Å². The third kappa shape index (κ3) is 6.35. The Morgan fingerprint density at radius 1 is 1.15 bits per heavy atom. The molecule has 0 atom stereocenters. The second-order valence-corrected chi connectivity index (χ2v) is 9.25. The number of amides is 2. The number of aryl methyl sites for hydroxylation is 1. The van der Waals surface area contributed by atoms with Crippen LogP contribution in [-0.4, -0.2) is 42.1 Å². The number of rotatable bonds is 6. The van der Waals surface area contributed by atoms with Crippen LogP contribution in [0.15, 0.2) is 24.3 Å². The van der Waals surface area contributed by atoms with Gasteiger partial charge < -0.3 is 10.2 Å². The van der Waals surface area contributed by atoms with E-state index in [0.29, 0.717) is 19.6 Å². The lowest BCUT2D eigenvalue weighted by atomic mass is 9.91. The molecule has 1 aliphatic rings. The number of hydrogen-bond donors (Lipinski definition) is 1. The summed E-state index contributed by atoms with van der Waals surface area (Å²) in [6.45, 7) is 10.0. The van der Waals surface area contributed by atoms with E-state index in [-0.39, 0.29) is 23.1 Å². The van der Waals surface area contributed by atoms with Gasteiger partial charge in [-0.1, -0.05) is 50.6 Å². The maximum absolute atomic E-state index is 12.3. The fourth-order valence-corrected chi connectivity index (χ4v) is 3.90. The van der Waals surface area contributed by atoms with Gasteiger partial charge in [-0.3, -0.25) is 9.59 Å². The van der Waals surface area contributed by atoms with Gasteiger partial charge in [0.15, 0.2) is 0 Å². The Kier molecular flexibility index (Phi) is 7.56. The zero-order valence-corrected chi connectivity index (χ0v) is 17.3. The molecule has 0 radical (unpaired) electrons. The van der Waals surface area contributed by atoms with Gasteiger partial charge in [-0.25, -0.2) is 0 Å².